The molecule has 1 fully saturated rings. The molecule has 7 heteroatoms. The van der Waals surface area contributed by atoms with Gasteiger partial charge in [0.2, 0.25) is 5.91 Å². The van der Waals surface area contributed by atoms with Crippen LogP contribution in [0.15, 0.2) is 48.5 Å². The van der Waals surface area contributed by atoms with Gasteiger partial charge in [0.1, 0.15) is 5.82 Å². The number of hydrogen-bond donors (Lipinski definition) is 1. The van der Waals surface area contributed by atoms with E-state index in [1.807, 2.05) is 31.2 Å². The molecule has 0 bridgehead atoms. The quantitative estimate of drug-likeness (QED) is 0.821. The van der Waals surface area contributed by atoms with Gasteiger partial charge < -0.3 is 15.0 Å². The van der Waals surface area contributed by atoms with Crippen LogP contribution in [0.2, 0.25) is 0 Å². The van der Waals surface area contributed by atoms with Gasteiger partial charge in [-0.2, -0.15) is 0 Å². The molecule has 1 saturated heterocycles. The number of carbonyl (C=O) groups excluding carboxylic acids is 3. The third-order valence-electron chi connectivity index (χ3n) is 4.26. The number of anilines is 2. The first-order valence-corrected chi connectivity index (χ1v) is 8.51. The standard InChI is InChI=1S/C20H19FN2O4/c1-13-5-7-17(8-6-13)23-11-14(9-19(23)25)20(26)27-12-18(24)22-16-4-2-3-15(21)10-16/h2-8,10,14H,9,11-12H2,1H3,(H,22,24)/t14-/m0/s1. The SMILES string of the molecule is Cc1ccc(N2C[C@@H](C(=O)OCC(=O)Nc3cccc(F)c3)CC2=O)cc1. The van der Waals surface area contributed by atoms with Crippen LogP contribution in [0.25, 0.3) is 0 Å². The van der Waals surface area contributed by atoms with Gasteiger partial charge in [-0.25, -0.2) is 4.39 Å². The number of ether oxygens (including phenoxy) is 1. The molecule has 27 heavy (non-hydrogen) atoms. The smallest absolute Gasteiger partial charge is 0.311 e. The minimum absolute atomic E-state index is 0.0399. The molecule has 1 aliphatic rings. The number of nitrogens with zero attached hydrogens (tertiary/aromatic N) is 1. The highest BCUT2D eigenvalue weighted by Gasteiger charge is 2.36. The summed E-state index contributed by atoms with van der Waals surface area (Å²) >= 11 is 0. The molecule has 0 unspecified atom stereocenters. The Morgan fingerprint density at radius 3 is 2.67 bits per heavy atom. The molecule has 0 aliphatic carbocycles. The van der Waals surface area contributed by atoms with Crippen molar-refractivity contribution < 1.29 is 23.5 Å². The summed E-state index contributed by atoms with van der Waals surface area (Å²) in [6, 6.07) is 12.8. The Morgan fingerprint density at radius 1 is 1.22 bits per heavy atom. The normalized spacial score (nSPS) is 16.3. The first-order chi connectivity index (χ1) is 12.9. The van der Waals surface area contributed by atoms with E-state index in [2.05, 4.69) is 5.32 Å². The van der Waals surface area contributed by atoms with Crippen LogP contribution in [0, 0.1) is 18.7 Å². The summed E-state index contributed by atoms with van der Waals surface area (Å²) in [7, 11) is 0. The summed E-state index contributed by atoms with van der Waals surface area (Å²) in [5, 5.41) is 2.44. The fourth-order valence-electron chi connectivity index (χ4n) is 2.86. The van der Waals surface area contributed by atoms with Gasteiger partial charge in [0, 0.05) is 24.3 Å². The minimum Gasteiger partial charge on any atom is -0.455 e. The van der Waals surface area contributed by atoms with Crippen molar-refractivity contribution in [3.63, 3.8) is 0 Å². The van der Waals surface area contributed by atoms with Crippen molar-refractivity contribution in [1.82, 2.24) is 0 Å². The van der Waals surface area contributed by atoms with E-state index < -0.39 is 30.2 Å². The van der Waals surface area contributed by atoms with Crippen LogP contribution in [0.4, 0.5) is 15.8 Å². The Bertz CT molecular complexity index is 867. The molecule has 1 aliphatic heterocycles. The number of rotatable bonds is 5. The molecule has 0 radical (unpaired) electrons. The highest BCUT2D eigenvalue weighted by molar-refractivity contribution is 6.00. The minimum atomic E-state index is -0.624. The summed E-state index contributed by atoms with van der Waals surface area (Å²) in [5.74, 6) is -2.45. The predicted octanol–water partition coefficient (Wildman–Crippen LogP) is 2.67. The average molecular weight is 370 g/mol. The average Bonchev–Trinajstić information content (AvgIpc) is 3.02. The summed E-state index contributed by atoms with van der Waals surface area (Å²) < 4.78 is 18.1. The topological polar surface area (TPSA) is 75.7 Å². The first kappa shape index (κ1) is 18.6. The number of esters is 1. The van der Waals surface area contributed by atoms with Gasteiger partial charge >= 0.3 is 5.97 Å². The molecule has 140 valence electrons. The van der Waals surface area contributed by atoms with Crippen molar-refractivity contribution in [2.45, 2.75) is 13.3 Å². The summed E-state index contributed by atoms with van der Waals surface area (Å²) in [6.45, 7) is 1.67. The van der Waals surface area contributed by atoms with Crippen LogP contribution in [-0.4, -0.2) is 30.9 Å². The van der Waals surface area contributed by atoms with E-state index >= 15 is 0 Å². The zero-order valence-electron chi connectivity index (χ0n) is 14.8. The van der Waals surface area contributed by atoms with Gasteiger partial charge in [-0.15, -0.1) is 0 Å². The summed E-state index contributed by atoms with van der Waals surface area (Å²) in [6.07, 6.45) is 0.0399. The van der Waals surface area contributed by atoms with E-state index in [0.717, 1.165) is 17.3 Å². The Kier molecular flexibility index (Phi) is 5.49. The summed E-state index contributed by atoms with van der Waals surface area (Å²) in [4.78, 5) is 37.8. The number of carbonyl (C=O) groups is 3. The van der Waals surface area contributed by atoms with E-state index in [1.165, 1.54) is 23.1 Å². The second-order valence-electron chi connectivity index (χ2n) is 6.41. The Hall–Kier alpha value is -3.22. The number of hydrogen-bond acceptors (Lipinski definition) is 4. The van der Waals surface area contributed by atoms with E-state index in [4.69, 9.17) is 4.74 Å². The van der Waals surface area contributed by atoms with Gasteiger partial charge in [0.15, 0.2) is 6.61 Å². The largest absolute Gasteiger partial charge is 0.455 e. The molecule has 0 spiro atoms. The molecule has 1 atom stereocenters. The predicted molar refractivity (Wildman–Crippen MR) is 97.6 cm³/mol. The molecule has 2 aromatic carbocycles. The van der Waals surface area contributed by atoms with Crippen molar-refractivity contribution in [3.8, 4) is 0 Å². The molecular formula is C20H19FN2O4. The third kappa shape index (κ3) is 4.69. The lowest BCUT2D eigenvalue weighted by Gasteiger charge is -2.16. The molecule has 0 saturated carbocycles. The zero-order valence-corrected chi connectivity index (χ0v) is 14.8. The number of halogens is 1. The maximum Gasteiger partial charge on any atom is 0.311 e. The van der Waals surface area contributed by atoms with Crippen LogP contribution in [-0.2, 0) is 19.1 Å². The number of nitrogens with one attached hydrogen (secondary N) is 1. The van der Waals surface area contributed by atoms with Gasteiger partial charge in [0.05, 0.1) is 5.92 Å². The van der Waals surface area contributed by atoms with Crippen molar-refractivity contribution in [2.24, 2.45) is 5.92 Å². The Morgan fingerprint density at radius 2 is 1.96 bits per heavy atom. The maximum absolute atomic E-state index is 13.1. The fourth-order valence-corrected chi connectivity index (χ4v) is 2.86. The van der Waals surface area contributed by atoms with E-state index in [1.54, 1.807) is 0 Å². The van der Waals surface area contributed by atoms with Gasteiger partial charge in [-0.05, 0) is 37.3 Å². The van der Waals surface area contributed by atoms with Crippen molar-refractivity contribution in [1.29, 1.82) is 0 Å². The van der Waals surface area contributed by atoms with Crippen LogP contribution < -0.4 is 10.2 Å². The van der Waals surface area contributed by atoms with Gasteiger partial charge in [-0.1, -0.05) is 23.8 Å². The van der Waals surface area contributed by atoms with Gasteiger partial charge in [0.25, 0.3) is 5.91 Å². The van der Waals surface area contributed by atoms with Gasteiger partial charge in [-0.3, -0.25) is 14.4 Å². The van der Waals surface area contributed by atoms with E-state index in [-0.39, 0.29) is 24.6 Å². The maximum atomic E-state index is 13.1. The monoisotopic (exact) mass is 370 g/mol. The Labute approximate surface area is 155 Å². The number of amides is 2. The third-order valence-corrected chi connectivity index (χ3v) is 4.26. The molecule has 2 amide bonds. The lowest BCUT2D eigenvalue weighted by molar-refractivity contribution is -0.151. The van der Waals surface area contributed by atoms with Crippen LogP contribution >= 0.6 is 0 Å². The highest BCUT2D eigenvalue weighted by atomic mass is 19.1. The molecule has 1 heterocycles. The molecular weight excluding hydrogens is 351 g/mol. The lowest BCUT2D eigenvalue weighted by Crippen LogP contribution is -2.28. The van der Waals surface area contributed by atoms with Crippen LogP contribution in [0.1, 0.15) is 12.0 Å². The summed E-state index contributed by atoms with van der Waals surface area (Å²) in [5.41, 5.74) is 2.08. The number of benzene rings is 2. The second kappa shape index (κ2) is 7.99. The van der Waals surface area contributed by atoms with E-state index in [9.17, 15) is 18.8 Å². The van der Waals surface area contributed by atoms with Crippen LogP contribution in [0.3, 0.4) is 0 Å². The van der Waals surface area contributed by atoms with Crippen molar-refractivity contribution in [2.75, 3.05) is 23.4 Å². The van der Waals surface area contributed by atoms with Crippen LogP contribution in [0.5, 0.6) is 0 Å². The first-order valence-electron chi connectivity index (χ1n) is 8.51. The lowest BCUT2D eigenvalue weighted by atomic mass is 10.1. The van der Waals surface area contributed by atoms with Crippen molar-refractivity contribution in [3.05, 3.63) is 59.9 Å². The second-order valence-corrected chi connectivity index (χ2v) is 6.41. The molecule has 1 N–H and O–H groups in total. The van der Waals surface area contributed by atoms with Crippen molar-refractivity contribution >= 4 is 29.2 Å². The van der Waals surface area contributed by atoms with E-state index in [0.29, 0.717) is 0 Å². The zero-order chi connectivity index (χ0) is 19.4. The molecule has 3 rings (SSSR count). The molecule has 0 aromatic heterocycles. The fraction of sp³-hybridized carbons (Fsp3) is 0.250. The highest BCUT2D eigenvalue weighted by Crippen LogP contribution is 2.26. The number of aryl methyl sites for hydroxylation is 1. The Balaban J connectivity index is 1.52. The molecule has 6 nitrogen and oxygen atoms in total. The molecule has 2 aromatic rings.